The van der Waals surface area contributed by atoms with Gasteiger partial charge in [0.1, 0.15) is 7.85 Å². The van der Waals surface area contributed by atoms with Crippen molar-refractivity contribution in [2.24, 2.45) is 0 Å². The number of ether oxygens (including phenoxy) is 1. The van der Waals surface area contributed by atoms with Crippen molar-refractivity contribution in [1.82, 2.24) is 5.32 Å². The largest absolute Gasteiger partial charge is 0.508 e. The third kappa shape index (κ3) is 2.71. The summed E-state index contributed by atoms with van der Waals surface area (Å²) >= 11 is 0. The Labute approximate surface area is 135 Å². The number of carbonyl (C=O) groups is 1. The van der Waals surface area contributed by atoms with Crippen LogP contribution in [0.4, 0.5) is 0 Å². The number of amides is 1. The average molecular weight is 438 g/mol. The number of hydrogen-bond acceptors (Lipinski definition) is 2. The summed E-state index contributed by atoms with van der Waals surface area (Å²) in [6.07, 6.45) is 0. The van der Waals surface area contributed by atoms with E-state index in [0.29, 0.717) is 11.3 Å². The second kappa shape index (κ2) is 5.77. The van der Waals surface area contributed by atoms with Crippen LogP contribution in [0.5, 0.6) is 0 Å². The fourth-order valence-electron chi connectivity index (χ4n) is 2.41. The van der Waals surface area contributed by atoms with Crippen LogP contribution in [0.1, 0.15) is 29.2 Å². The zero-order valence-corrected chi connectivity index (χ0v) is 15.3. The maximum Gasteiger partial charge on any atom is 0.213 e. The zero-order chi connectivity index (χ0) is 14.4. The van der Waals surface area contributed by atoms with Crippen molar-refractivity contribution >= 4 is 19.3 Å². The van der Waals surface area contributed by atoms with Gasteiger partial charge in [-0.2, -0.15) is 0 Å². The molecule has 1 heterocycles. The van der Waals surface area contributed by atoms with E-state index in [1.165, 1.54) is 7.11 Å². The second-order valence-corrected chi connectivity index (χ2v) is 5.20. The van der Waals surface area contributed by atoms with Crippen molar-refractivity contribution in [1.29, 1.82) is 0 Å². The minimum atomic E-state index is -0.972. The molecule has 3 nitrogen and oxygen atoms in total. The summed E-state index contributed by atoms with van der Waals surface area (Å²) in [6, 6.07) is 5.31. The van der Waals surface area contributed by atoms with E-state index in [1.807, 2.05) is 26.8 Å². The molecule has 0 bridgehead atoms. The average Bonchev–Trinajstić information content (AvgIpc) is 2.52. The maximum atomic E-state index is 12.2. The van der Waals surface area contributed by atoms with E-state index < -0.39 is 5.44 Å². The molecule has 2 rings (SSSR count). The maximum absolute atomic E-state index is 12.2. The summed E-state index contributed by atoms with van der Waals surface area (Å²) in [5.74, 6) is 0.240. The molecule has 1 aliphatic rings. The SMILES string of the molecule is [B]C1(C)NC(=O)C(c2[c-]c(C)c(C)cc2C)=C1OC.[W]. The van der Waals surface area contributed by atoms with Crippen LogP contribution in [-0.4, -0.2) is 26.3 Å². The molecule has 0 aliphatic carbocycles. The molecular formula is C15H17BNO2W-. The Balaban J connectivity index is 0.00000200. The van der Waals surface area contributed by atoms with Crippen LogP contribution in [0.2, 0.25) is 0 Å². The molecule has 0 aromatic heterocycles. The van der Waals surface area contributed by atoms with Crippen LogP contribution < -0.4 is 5.32 Å². The molecule has 1 N–H and O–H groups in total. The fourth-order valence-corrected chi connectivity index (χ4v) is 2.41. The van der Waals surface area contributed by atoms with Gasteiger partial charge in [-0.05, 0) is 6.92 Å². The van der Waals surface area contributed by atoms with Gasteiger partial charge in [0.2, 0.25) is 5.91 Å². The standard InChI is InChI=1S/C15H17BNO2.W/c1-8-6-10(3)11(7-9(8)2)12-13(19-5)15(4,16)17-14(12)18;/h6H,1-5H3,(H,17,18);/q-1;. The number of hydrogen-bond donors (Lipinski definition) is 1. The summed E-state index contributed by atoms with van der Waals surface area (Å²) in [7, 11) is 7.56. The molecule has 104 valence electrons. The van der Waals surface area contributed by atoms with E-state index in [4.69, 9.17) is 12.6 Å². The van der Waals surface area contributed by atoms with Gasteiger partial charge in [-0.25, -0.2) is 0 Å². The third-order valence-corrected chi connectivity index (χ3v) is 3.48. The molecule has 0 spiro atoms. The van der Waals surface area contributed by atoms with Crippen LogP contribution >= 0.6 is 0 Å². The van der Waals surface area contributed by atoms with Crippen LogP contribution in [0.3, 0.4) is 0 Å². The van der Waals surface area contributed by atoms with E-state index in [2.05, 4.69) is 11.4 Å². The van der Waals surface area contributed by atoms with Crippen LogP contribution in [0, 0.1) is 26.8 Å². The van der Waals surface area contributed by atoms with Gasteiger partial charge < -0.3 is 10.1 Å². The summed E-state index contributed by atoms with van der Waals surface area (Å²) < 4.78 is 5.34. The van der Waals surface area contributed by atoms with Crippen LogP contribution in [0.15, 0.2) is 11.8 Å². The molecule has 1 atom stereocenters. The number of rotatable bonds is 2. The number of nitrogens with one attached hydrogen (secondary N) is 1. The summed E-state index contributed by atoms with van der Waals surface area (Å²) in [5, 5.41) is 2.72. The quantitative estimate of drug-likeness (QED) is 0.566. The van der Waals surface area contributed by atoms with E-state index in [9.17, 15) is 4.79 Å². The van der Waals surface area contributed by atoms with Crippen molar-refractivity contribution in [2.75, 3.05) is 7.11 Å². The molecule has 1 unspecified atom stereocenters. The summed E-state index contributed by atoms with van der Waals surface area (Å²) in [6.45, 7) is 7.67. The zero-order valence-electron chi connectivity index (χ0n) is 12.4. The van der Waals surface area contributed by atoms with Crippen LogP contribution in [0.25, 0.3) is 5.57 Å². The van der Waals surface area contributed by atoms with Gasteiger partial charge in [0.05, 0.1) is 12.9 Å². The Bertz CT molecular complexity index is 594. The Kier molecular flexibility index (Phi) is 4.91. The molecular weight excluding hydrogens is 421 g/mol. The minimum Gasteiger partial charge on any atom is -0.508 e. The van der Waals surface area contributed by atoms with Crippen molar-refractivity contribution in [3.05, 3.63) is 40.1 Å². The van der Waals surface area contributed by atoms with E-state index in [-0.39, 0.29) is 27.0 Å². The Hall–Kier alpha value is -1.02. The predicted octanol–water partition coefficient (Wildman–Crippen LogP) is 1.78. The fraction of sp³-hybridized carbons (Fsp3) is 0.400. The van der Waals surface area contributed by atoms with E-state index in [1.54, 1.807) is 6.92 Å². The molecule has 20 heavy (non-hydrogen) atoms. The second-order valence-electron chi connectivity index (χ2n) is 5.20. The smallest absolute Gasteiger partial charge is 0.213 e. The number of aryl methyl sites for hydroxylation is 3. The minimum absolute atomic E-state index is 0. The Morgan fingerprint density at radius 2 is 1.90 bits per heavy atom. The van der Waals surface area contributed by atoms with Gasteiger partial charge in [-0.3, -0.25) is 4.79 Å². The van der Waals surface area contributed by atoms with Gasteiger partial charge in [0.15, 0.2) is 0 Å². The number of benzene rings is 1. The first-order valence-corrected chi connectivity index (χ1v) is 6.18. The summed E-state index contributed by atoms with van der Waals surface area (Å²) in [5.41, 5.74) is 3.41. The Morgan fingerprint density at radius 1 is 1.30 bits per heavy atom. The summed E-state index contributed by atoms with van der Waals surface area (Å²) in [4.78, 5) is 12.2. The third-order valence-electron chi connectivity index (χ3n) is 3.48. The normalized spacial score (nSPS) is 21.6. The molecule has 0 saturated carbocycles. The van der Waals surface area contributed by atoms with Crippen LogP contribution in [-0.2, 0) is 30.6 Å². The molecule has 0 saturated heterocycles. The van der Waals surface area contributed by atoms with E-state index >= 15 is 0 Å². The van der Waals surface area contributed by atoms with Crippen molar-refractivity contribution in [3.8, 4) is 0 Å². The molecule has 0 fully saturated rings. The Morgan fingerprint density at radius 3 is 2.45 bits per heavy atom. The first-order valence-electron chi connectivity index (χ1n) is 6.18. The van der Waals surface area contributed by atoms with Crippen molar-refractivity contribution in [3.63, 3.8) is 0 Å². The van der Waals surface area contributed by atoms with Gasteiger partial charge in [0.25, 0.3) is 0 Å². The van der Waals surface area contributed by atoms with Gasteiger partial charge in [-0.15, -0.1) is 34.4 Å². The van der Waals surface area contributed by atoms with Gasteiger partial charge in [0, 0.05) is 32.1 Å². The molecule has 1 amide bonds. The monoisotopic (exact) mass is 438 g/mol. The predicted molar refractivity (Wildman–Crippen MR) is 75.7 cm³/mol. The van der Waals surface area contributed by atoms with Crippen molar-refractivity contribution < 1.29 is 30.6 Å². The number of methoxy groups -OCH3 is 1. The molecule has 2 radical (unpaired) electrons. The van der Waals surface area contributed by atoms with Crippen molar-refractivity contribution in [2.45, 2.75) is 33.1 Å². The number of carbonyl (C=O) groups excluding carboxylic acids is 1. The van der Waals surface area contributed by atoms with E-state index in [0.717, 1.165) is 22.3 Å². The van der Waals surface area contributed by atoms with Gasteiger partial charge >= 0.3 is 0 Å². The molecule has 5 heteroatoms. The topological polar surface area (TPSA) is 38.3 Å². The first kappa shape index (κ1) is 17.0. The van der Waals surface area contributed by atoms with Gasteiger partial charge in [-0.1, -0.05) is 20.8 Å². The molecule has 1 aromatic rings. The first-order chi connectivity index (χ1) is 8.77. The molecule has 1 aromatic carbocycles. The molecule has 1 aliphatic heterocycles.